The van der Waals surface area contributed by atoms with Gasteiger partial charge in [0, 0.05) is 13.2 Å². The van der Waals surface area contributed by atoms with Crippen LogP contribution in [-0.4, -0.2) is 17.6 Å². The number of ether oxygens (including phenoxy) is 1. The Kier molecular flexibility index (Phi) is 4.65. The van der Waals surface area contributed by atoms with Crippen molar-refractivity contribution in [3.63, 3.8) is 0 Å². The summed E-state index contributed by atoms with van der Waals surface area (Å²) in [4.78, 5) is 25.3. The summed E-state index contributed by atoms with van der Waals surface area (Å²) in [6.45, 7) is 0. The van der Waals surface area contributed by atoms with Gasteiger partial charge in [-0.3, -0.25) is 9.59 Å². The van der Waals surface area contributed by atoms with Gasteiger partial charge in [0.2, 0.25) is 5.43 Å². The van der Waals surface area contributed by atoms with Crippen molar-refractivity contribution in [3.8, 4) is 5.75 Å². The molecule has 3 aromatic rings. The number of rotatable bonds is 3. The predicted octanol–water partition coefficient (Wildman–Crippen LogP) is 3.82. The molecule has 1 heterocycles. The zero-order valence-electron chi connectivity index (χ0n) is 14.4. The minimum atomic E-state index is -4.63. The van der Waals surface area contributed by atoms with Crippen molar-refractivity contribution >= 4 is 22.5 Å². The van der Waals surface area contributed by atoms with Gasteiger partial charge in [0.05, 0.1) is 29.3 Å². The quantitative estimate of drug-likeness (QED) is 0.756. The predicted molar refractivity (Wildman–Crippen MR) is 95.1 cm³/mol. The van der Waals surface area contributed by atoms with Crippen LogP contribution < -0.4 is 15.5 Å². The SMILES string of the molecule is COc1ccc2c(c1)c(=O)c(C(=O)Nc1ccccc1C(F)(F)F)cn2C. The molecule has 0 aliphatic rings. The standard InChI is InChI=1S/C19H15F3N2O3/c1-24-10-13(17(25)12-9-11(27-2)7-8-16(12)24)18(26)23-15-6-4-3-5-14(15)19(20,21)22/h3-10H,1-2H3,(H,23,26). The molecule has 0 radical (unpaired) electrons. The molecule has 27 heavy (non-hydrogen) atoms. The first-order valence-corrected chi connectivity index (χ1v) is 7.87. The van der Waals surface area contributed by atoms with E-state index in [-0.39, 0.29) is 10.9 Å². The van der Waals surface area contributed by atoms with Crippen molar-refractivity contribution in [1.82, 2.24) is 4.57 Å². The Labute approximate surface area is 152 Å². The molecule has 0 unspecified atom stereocenters. The fourth-order valence-corrected chi connectivity index (χ4v) is 2.79. The highest BCUT2D eigenvalue weighted by molar-refractivity contribution is 6.06. The van der Waals surface area contributed by atoms with Crippen LogP contribution >= 0.6 is 0 Å². The molecule has 1 amide bonds. The molecule has 5 nitrogen and oxygen atoms in total. The molecule has 0 saturated heterocycles. The minimum absolute atomic E-state index is 0.230. The Morgan fingerprint density at radius 3 is 2.52 bits per heavy atom. The maximum Gasteiger partial charge on any atom is 0.418 e. The van der Waals surface area contributed by atoms with Crippen molar-refractivity contribution in [1.29, 1.82) is 0 Å². The van der Waals surface area contributed by atoms with Crippen LogP contribution in [0.15, 0.2) is 53.5 Å². The van der Waals surface area contributed by atoms with E-state index < -0.39 is 28.8 Å². The van der Waals surface area contributed by atoms with E-state index in [1.165, 1.54) is 31.5 Å². The van der Waals surface area contributed by atoms with Crippen molar-refractivity contribution in [2.24, 2.45) is 7.05 Å². The lowest BCUT2D eigenvalue weighted by Crippen LogP contribution is -2.24. The summed E-state index contributed by atoms with van der Waals surface area (Å²) in [7, 11) is 3.07. The third kappa shape index (κ3) is 3.51. The summed E-state index contributed by atoms with van der Waals surface area (Å²) >= 11 is 0. The second kappa shape index (κ2) is 6.79. The van der Waals surface area contributed by atoms with Gasteiger partial charge < -0.3 is 14.6 Å². The van der Waals surface area contributed by atoms with E-state index in [2.05, 4.69) is 5.32 Å². The topological polar surface area (TPSA) is 60.3 Å². The largest absolute Gasteiger partial charge is 0.497 e. The van der Waals surface area contributed by atoms with Crippen LogP contribution in [0, 0.1) is 0 Å². The fourth-order valence-electron chi connectivity index (χ4n) is 2.79. The zero-order chi connectivity index (χ0) is 19.8. The van der Waals surface area contributed by atoms with Gasteiger partial charge in [0.15, 0.2) is 0 Å². The number of hydrogen-bond acceptors (Lipinski definition) is 3. The normalized spacial score (nSPS) is 11.4. The molecule has 0 fully saturated rings. The molecule has 0 spiro atoms. The number of anilines is 1. The highest BCUT2D eigenvalue weighted by Crippen LogP contribution is 2.34. The lowest BCUT2D eigenvalue weighted by molar-refractivity contribution is -0.136. The number of aromatic nitrogens is 1. The number of nitrogens with one attached hydrogen (secondary N) is 1. The van der Waals surface area contributed by atoms with Gasteiger partial charge in [0.25, 0.3) is 5.91 Å². The fraction of sp³-hybridized carbons (Fsp3) is 0.158. The number of pyridine rings is 1. The van der Waals surface area contributed by atoms with E-state index in [1.807, 2.05) is 0 Å². The lowest BCUT2D eigenvalue weighted by atomic mass is 10.1. The number of benzene rings is 2. The minimum Gasteiger partial charge on any atom is -0.497 e. The van der Waals surface area contributed by atoms with Gasteiger partial charge in [-0.15, -0.1) is 0 Å². The number of alkyl halides is 3. The lowest BCUT2D eigenvalue weighted by Gasteiger charge is -2.14. The first kappa shape index (κ1) is 18.5. The summed E-state index contributed by atoms with van der Waals surface area (Å²) < 4.78 is 46.0. The molecule has 0 atom stereocenters. The second-order valence-electron chi connectivity index (χ2n) is 5.86. The number of fused-ring (bicyclic) bond motifs is 1. The van der Waals surface area contributed by atoms with Crippen LogP contribution in [0.3, 0.4) is 0 Å². The van der Waals surface area contributed by atoms with Crippen molar-refractivity contribution in [3.05, 3.63) is 70.0 Å². The molecule has 1 aromatic heterocycles. The third-order valence-corrected chi connectivity index (χ3v) is 4.12. The summed E-state index contributed by atoms with van der Waals surface area (Å²) in [5, 5.41) is 2.42. The third-order valence-electron chi connectivity index (χ3n) is 4.12. The van der Waals surface area contributed by atoms with E-state index in [9.17, 15) is 22.8 Å². The number of carbonyl (C=O) groups excluding carboxylic acids is 1. The highest BCUT2D eigenvalue weighted by atomic mass is 19.4. The Morgan fingerprint density at radius 2 is 1.85 bits per heavy atom. The van der Waals surface area contributed by atoms with Gasteiger partial charge in [-0.1, -0.05) is 12.1 Å². The van der Waals surface area contributed by atoms with Crippen LogP contribution in [0.2, 0.25) is 0 Å². The summed E-state index contributed by atoms with van der Waals surface area (Å²) in [5.41, 5.74) is -1.70. The number of amides is 1. The van der Waals surface area contributed by atoms with Crippen molar-refractivity contribution < 1.29 is 22.7 Å². The Balaban J connectivity index is 2.08. The van der Waals surface area contributed by atoms with Gasteiger partial charge in [-0.05, 0) is 30.3 Å². The van der Waals surface area contributed by atoms with Crippen molar-refractivity contribution in [2.75, 3.05) is 12.4 Å². The maximum atomic E-state index is 13.1. The van der Waals surface area contributed by atoms with E-state index in [1.54, 1.807) is 23.7 Å². The first-order chi connectivity index (χ1) is 12.7. The number of para-hydroxylation sites is 1. The molecular formula is C19H15F3N2O3. The van der Waals surface area contributed by atoms with E-state index in [0.717, 1.165) is 12.1 Å². The van der Waals surface area contributed by atoms with Crippen molar-refractivity contribution in [2.45, 2.75) is 6.18 Å². The summed E-state index contributed by atoms with van der Waals surface area (Å²) in [6, 6.07) is 9.40. The molecule has 140 valence electrons. The van der Waals surface area contributed by atoms with Crippen LogP contribution in [0.25, 0.3) is 10.9 Å². The Hall–Kier alpha value is -3.29. The first-order valence-electron chi connectivity index (χ1n) is 7.87. The number of halogens is 3. The van der Waals surface area contributed by atoms with Crippen LogP contribution in [0.5, 0.6) is 5.75 Å². The Bertz CT molecular complexity index is 1090. The van der Waals surface area contributed by atoms with Gasteiger partial charge in [-0.25, -0.2) is 0 Å². The van der Waals surface area contributed by atoms with E-state index in [0.29, 0.717) is 11.3 Å². The molecule has 8 heteroatoms. The molecule has 2 aromatic carbocycles. The van der Waals surface area contributed by atoms with Gasteiger partial charge in [0.1, 0.15) is 11.3 Å². The van der Waals surface area contributed by atoms with Crippen LogP contribution in [-0.2, 0) is 13.2 Å². The summed E-state index contributed by atoms with van der Waals surface area (Å²) in [6.07, 6.45) is -3.34. The van der Waals surface area contributed by atoms with E-state index >= 15 is 0 Å². The monoisotopic (exact) mass is 376 g/mol. The number of carbonyl (C=O) groups is 1. The number of nitrogens with zero attached hydrogens (tertiary/aromatic N) is 1. The van der Waals surface area contributed by atoms with E-state index in [4.69, 9.17) is 4.74 Å². The number of aryl methyl sites for hydroxylation is 1. The maximum absolute atomic E-state index is 13.1. The smallest absolute Gasteiger partial charge is 0.418 e. The van der Waals surface area contributed by atoms with Gasteiger partial charge >= 0.3 is 6.18 Å². The molecule has 3 rings (SSSR count). The molecular weight excluding hydrogens is 361 g/mol. The van der Waals surface area contributed by atoms with Gasteiger partial charge in [-0.2, -0.15) is 13.2 Å². The average Bonchev–Trinajstić information content (AvgIpc) is 2.63. The second-order valence-corrected chi connectivity index (χ2v) is 5.86. The number of methoxy groups -OCH3 is 1. The zero-order valence-corrected chi connectivity index (χ0v) is 14.4. The number of hydrogen-bond donors (Lipinski definition) is 1. The molecule has 0 saturated carbocycles. The summed E-state index contributed by atoms with van der Waals surface area (Å²) in [5.74, 6) is -0.489. The highest BCUT2D eigenvalue weighted by Gasteiger charge is 2.33. The van der Waals surface area contributed by atoms with Crippen LogP contribution in [0.4, 0.5) is 18.9 Å². The molecule has 0 bridgehead atoms. The molecule has 1 N–H and O–H groups in total. The van der Waals surface area contributed by atoms with Crippen LogP contribution in [0.1, 0.15) is 15.9 Å². The molecule has 0 aliphatic heterocycles. The Morgan fingerprint density at radius 1 is 1.15 bits per heavy atom. The molecule has 0 aliphatic carbocycles. The average molecular weight is 376 g/mol.